The summed E-state index contributed by atoms with van der Waals surface area (Å²) in [4.78, 5) is 13.4. The van der Waals surface area contributed by atoms with Crippen LogP contribution in [0.4, 0.5) is 0 Å². The summed E-state index contributed by atoms with van der Waals surface area (Å²) >= 11 is 1.70. The minimum atomic E-state index is 0.0141. The van der Waals surface area contributed by atoms with Crippen molar-refractivity contribution in [3.8, 4) is 6.07 Å². The zero-order valence-corrected chi connectivity index (χ0v) is 10.6. The molecule has 0 radical (unpaired) electrons. The molecule has 86 valence electrons. The molecule has 0 spiro atoms. The first-order valence-corrected chi connectivity index (χ1v) is 6.41. The second kappa shape index (κ2) is 8.60. The molecule has 0 N–H and O–H groups in total. The second-order valence-corrected chi connectivity index (χ2v) is 4.98. The standard InChI is InChI=1S/C11H20N2OS/c1-4-5-9-15-10(2)11(14)13(3)8-6-7-12/h10H,4-6,8-9H2,1-3H3. The average molecular weight is 228 g/mol. The zero-order chi connectivity index (χ0) is 11.7. The van der Waals surface area contributed by atoms with Gasteiger partial charge in [-0.2, -0.15) is 5.26 Å². The Morgan fingerprint density at radius 1 is 1.60 bits per heavy atom. The molecule has 3 nitrogen and oxygen atoms in total. The molecule has 15 heavy (non-hydrogen) atoms. The van der Waals surface area contributed by atoms with Gasteiger partial charge in [0.15, 0.2) is 0 Å². The summed E-state index contributed by atoms with van der Waals surface area (Å²) in [7, 11) is 1.76. The minimum Gasteiger partial charge on any atom is -0.344 e. The fraction of sp³-hybridized carbons (Fsp3) is 0.818. The van der Waals surface area contributed by atoms with Gasteiger partial charge in [0, 0.05) is 13.6 Å². The van der Waals surface area contributed by atoms with Gasteiger partial charge in [-0.1, -0.05) is 13.3 Å². The van der Waals surface area contributed by atoms with Gasteiger partial charge >= 0.3 is 0 Å². The Morgan fingerprint density at radius 3 is 2.80 bits per heavy atom. The first kappa shape index (κ1) is 14.3. The summed E-state index contributed by atoms with van der Waals surface area (Å²) in [5.74, 6) is 1.17. The summed E-state index contributed by atoms with van der Waals surface area (Å²) in [6.45, 7) is 4.62. The number of nitriles is 1. The fourth-order valence-electron chi connectivity index (χ4n) is 1.11. The Balaban J connectivity index is 3.81. The molecule has 0 bridgehead atoms. The lowest BCUT2D eigenvalue weighted by Crippen LogP contribution is -2.34. The third-order valence-electron chi connectivity index (χ3n) is 2.15. The highest BCUT2D eigenvalue weighted by molar-refractivity contribution is 8.00. The SMILES string of the molecule is CCCCSC(C)C(=O)N(C)CCC#N. The topological polar surface area (TPSA) is 44.1 Å². The maximum absolute atomic E-state index is 11.7. The molecule has 0 fully saturated rings. The summed E-state index contributed by atoms with van der Waals surface area (Å²) in [6, 6.07) is 2.04. The number of nitrogens with zero attached hydrogens (tertiary/aromatic N) is 2. The van der Waals surface area contributed by atoms with Gasteiger partial charge in [-0.3, -0.25) is 4.79 Å². The van der Waals surface area contributed by atoms with Crippen LogP contribution in [-0.4, -0.2) is 35.4 Å². The first-order chi connectivity index (χ1) is 7.13. The molecule has 0 heterocycles. The molecule has 0 saturated carbocycles. The van der Waals surface area contributed by atoms with E-state index in [1.54, 1.807) is 23.7 Å². The van der Waals surface area contributed by atoms with E-state index in [2.05, 4.69) is 6.92 Å². The molecular formula is C11H20N2OS. The molecule has 0 aliphatic carbocycles. The van der Waals surface area contributed by atoms with Crippen molar-refractivity contribution in [2.75, 3.05) is 19.3 Å². The van der Waals surface area contributed by atoms with E-state index in [4.69, 9.17) is 5.26 Å². The fourth-order valence-corrected chi connectivity index (χ4v) is 2.25. The van der Waals surface area contributed by atoms with E-state index >= 15 is 0 Å². The average Bonchev–Trinajstić information content (AvgIpc) is 2.24. The third kappa shape index (κ3) is 6.40. The lowest BCUT2D eigenvalue weighted by atomic mass is 10.3. The van der Waals surface area contributed by atoms with Crippen LogP contribution in [0.3, 0.4) is 0 Å². The molecular weight excluding hydrogens is 208 g/mol. The summed E-state index contributed by atoms with van der Waals surface area (Å²) < 4.78 is 0. The van der Waals surface area contributed by atoms with E-state index in [1.807, 2.05) is 13.0 Å². The van der Waals surface area contributed by atoms with Crippen LogP contribution in [0.15, 0.2) is 0 Å². The van der Waals surface area contributed by atoms with Gasteiger partial charge < -0.3 is 4.90 Å². The van der Waals surface area contributed by atoms with E-state index in [-0.39, 0.29) is 11.2 Å². The molecule has 0 aromatic rings. The molecule has 0 aromatic carbocycles. The molecule has 1 amide bonds. The van der Waals surface area contributed by atoms with Crippen LogP contribution >= 0.6 is 11.8 Å². The lowest BCUT2D eigenvalue weighted by Gasteiger charge is -2.19. The Labute approximate surface area is 96.8 Å². The largest absolute Gasteiger partial charge is 0.344 e. The molecule has 0 aromatic heterocycles. The minimum absolute atomic E-state index is 0.0141. The number of carbonyl (C=O) groups is 1. The molecule has 0 rings (SSSR count). The maximum Gasteiger partial charge on any atom is 0.235 e. The normalized spacial score (nSPS) is 11.9. The smallest absolute Gasteiger partial charge is 0.235 e. The van der Waals surface area contributed by atoms with Crippen molar-refractivity contribution in [2.24, 2.45) is 0 Å². The lowest BCUT2D eigenvalue weighted by molar-refractivity contribution is -0.128. The van der Waals surface area contributed by atoms with Crippen molar-refractivity contribution < 1.29 is 4.79 Å². The predicted molar refractivity (Wildman–Crippen MR) is 64.7 cm³/mol. The number of amides is 1. The van der Waals surface area contributed by atoms with Crippen molar-refractivity contribution in [1.29, 1.82) is 5.26 Å². The molecule has 0 aliphatic heterocycles. The highest BCUT2D eigenvalue weighted by Crippen LogP contribution is 2.14. The van der Waals surface area contributed by atoms with E-state index < -0.39 is 0 Å². The van der Waals surface area contributed by atoms with Gasteiger partial charge in [-0.05, 0) is 19.1 Å². The maximum atomic E-state index is 11.7. The Bertz CT molecular complexity index is 225. The highest BCUT2D eigenvalue weighted by Gasteiger charge is 2.16. The van der Waals surface area contributed by atoms with Crippen LogP contribution in [0.2, 0.25) is 0 Å². The van der Waals surface area contributed by atoms with Gasteiger partial charge in [-0.15, -0.1) is 11.8 Å². The molecule has 0 saturated heterocycles. The molecule has 4 heteroatoms. The van der Waals surface area contributed by atoms with E-state index in [0.29, 0.717) is 13.0 Å². The monoisotopic (exact) mass is 228 g/mol. The van der Waals surface area contributed by atoms with Crippen LogP contribution in [0, 0.1) is 11.3 Å². The van der Waals surface area contributed by atoms with Crippen molar-refractivity contribution in [2.45, 2.75) is 38.4 Å². The Morgan fingerprint density at radius 2 is 2.27 bits per heavy atom. The second-order valence-electron chi connectivity index (χ2n) is 3.53. The Kier molecular flexibility index (Phi) is 8.21. The first-order valence-electron chi connectivity index (χ1n) is 5.37. The number of rotatable bonds is 7. The van der Waals surface area contributed by atoms with Gasteiger partial charge in [0.05, 0.1) is 17.7 Å². The third-order valence-corrected chi connectivity index (χ3v) is 3.37. The van der Waals surface area contributed by atoms with Crippen LogP contribution in [0.1, 0.15) is 33.1 Å². The Hall–Kier alpha value is -0.690. The van der Waals surface area contributed by atoms with Gasteiger partial charge in [0.1, 0.15) is 0 Å². The van der Waals surface area contributed by atoms with Crippen LogP contribution in [-0.2, 0) is 4.79 Å². The summed E-state index contributed by atoms with van der Waals surface area (Å²) in [5.41, 5.74) is 0. The number of hydrogen-bond donors (Lipinski definition) is 0. The van der Waals surface area contributed by atoms with Crippen LogP contribution in [0.5, 0.6) is 0 Å². The van der Waals surface area contributed by atoms with Gasteiger partial charge in [0.2, 0.25) is 5.91 Å². The summed E-state index contributed by atoms with van der Waals surface area (Å²) in [5, 5.41) is 8.43. The van der Waals surface area contributed by atoms with Crippen LogP contribution < -0.4 is 0 Å². The van der Waals surface area contributed by atoms with Gasteiger partial charge in [-0.25, -0.2) is 0 Å². The van der Waals surface area contributed by atoms with Crippen molar-refractivity contribution in [1.82, 2.24) is 4.90 Å². The van der Waals surface area contributed by atoms with Crippen molar-refractivity contribution in [3.05, 3.63) is 0 Å². The van der Waals surface area contributed by atoms with E-state index in [1.165, 1.54) is 0 Å². The van der Waals surface area contributed by atoms with Crippen LogP contribution in [0.25, 0.3) is 0 Å². The predicted octanol–water partition coefficient (Wildman–Crippen LogP) is 2.28. The molecule has 0 aliphatic rings. The molecule has 1 unspecified atom stereocenters. The van der Waals surface area contributed by atoms with E-state index in [9.17, 15) is 4.79 Å². The van der Waals surface area contributed by atoms with Crippen molar-refractivity contribution >= 4 is 17.7 Å². The summed E-state index contributed by atoms with van der Waals surface area (Å²) in [6.07, 6.45) is 2.73. The van der Waals surface area contributed by atoms with Gasteiger partial charge in [0.25, 0.3) is 0 Å². The number of carbonyl (C=O) groups excluding carboxylic acids is 1. The van der Waals surface area contributed by atoms with E-state index in [0.717, 1.165) is 18.6 Å². The number of unbranched alkanes of at least 4 members (excludes halogenated alkanes) is 1. The highest BCUT2D eigenvalue weighted by atomic mass is 32.2. The number of thioether (sulfide) groups is 1. The quantitative estimate of drug-likeness (QED) is 0.628. The molecule has 1 atom stereocenters. The number of hydrogen-bond acceptors (Lipinski definition) is 3. The van der Waals surface area contributed by atoms with Crippen molar-refractivity contribution in [3.63, 3.8) is 0 Å². The zero-order valence-electron chi connectivity index (χ0n) is 9.82.